The van der Waals surface area contributed by atoms with Crippen molar-refractivity contribution in [1.82, 2.24) is 9.97 Å². The fourth-order valence-corrected chi connectivity index (χ4v) is 1.28. The van der Waals surface area contributed by atoms with Crippen molar-refractivity contribution < 1.29 is 14.3 Å². The zero-order valence-electron chi connectivity index (χ0n) is 10.2. The Morgan fingerprint density at radius 2 is 1.88 bits per heavy atom. The van der Waals surface area contributed by atoms with E-state index in [4.69, 9.17) is 9.47 Å². The molecular weight excluding hydrogens is 208 g/mol. The number of carbonyl (C=O) groups excluding carboxylic acids is 1. The van der Waals surface area contributed by atoms with E-state index in [9.17, 15) is 4.79 Å². The number of nitrogens with zero attached hydrogens (tertiary/aromatic N) is 2. The molecule has 1 aromatic rings. The first kappa shape index (κ1) is 12.4. The predicted molar refractivity (Wildman–Crippen MR) is 58.7 cm³/mol. The number of aromatic nitrogens is 2. The second-order valence-electron chi connectivity index (χ2n) is 3.76. The number of hydrogen-bond donors (Lipinski definition) is 0. The van der Waals surface area contributed by atoms with Gasteiger partial charge in [-0.2, -0.15) is 0 Å². The highest BCUT2D eigenvalue weighted by molar-refractivity contribution is 5.69. The quantitative estimate of drug-likeness (QED) is 0.733. The molecule has 16 heavy (non-hydrogen) atoms. The van der Waals surface area contributed by atoms with Crippen LogP contribution >= 0.6 is 0 Å². The van der Waals surface area contributed by atoms with Crippen molar-refractivity contribution in [2.45, 2.75) is 33.6 Å². The van der Waals surface area contributed by atoms with Crippen LogP contribution in [0.1, 0.15) is 38.1 Å². The number of esters is 1. The van der Waals surface area contributed by atoms with Crippen LogP contribution in [0.25, 0.3) is 0 Å². The Balaban J connectivity index is 3.24. The van der Waals surface area contributed by atoms with Gasteiger partial charge in [-0.3, -0.25) is 4.79 Å². The minimum absolute atomic E-state index is 0.108. The van der Waals surface area contributed by atoms with Crippen LogP contribution in [-0.4, -0.2) is 23.0 Å². The summed E-state index contributed by atoms with van der Waals surface area (Å²) in [6.07, 6.45) is 0. The molecule has 0 amide bonds. The SMILES string of the molecule is COc1nc(C(C)C)c(OC(C)=O)nc1C. The zero-order chi connectivity index (χ0) is 12.3. The molecular formula is C11H16N2O3. The highest BCUT2D eigenvalue weighted by Crippen LogP contribution is 2.26. The van der Waals surface area contributed by atoms with Crippen molar-refractivity contribution >= 4 is 5.97 Å². The van der Waals surface area contributed by atoms with Gasteiger partial charge in [0, 0.05) is 12.8 Å². The molecule has 0 aliphatic heterocycles. The smallest absolute Gasteiger partial charge is 0.309 e. The van der Waals surface area contributed by atoms with E-state index in [1.54, 1.807) is 6.92 Å². The standard InChI is InChI=1S/C11H16N2O3/c1-6(2)9-11(16-8(4)14)12-7(3)10(13-9)15-5/h6H,1-5H3. The first-order valence-corrected chi connectivity index (χ1v) is 5.06. The monoisotopic (exact) mass is 224 g/mol. The number of methoxy groups -OCH3 is 1. The van der Waals surface area contributed by atoms with Gasteiger partial charge in [-0.15, -0.1) is 0 Å². The lowest BCUT2D eigenvalue weighted by Crippen LogP contribution is -2.10. The van der Waals surface area contributed by atoms with Gasteiger partial charge >= 0.3 is 5.97 Å². The molecule has 88 valence electrons. The van der Waals surface area contributed by atoms with Gasteiger partial charge in [0.15, 0.2) is 0 Å². The number of carbonyl (C=O) groups is 1. The van der Waals surface area contributed by atoms with Crippen molar-refractivity contribution in [2.24, 2.45) is 0 Å². The molecule has 0 aliphatic rings. The molecule has 5 nitrogen and oxygen atoms in total. The molecule has 0 fully saturated rings. The summed E-state index contributed by atoms with van der Waals surface area (Å²) in [5.41, 5.74) is 1.22. The minimum Gasteiger partial charge on any atom is -0.480 e. The normalized spacial score (nSPS) is 10.4. The predicted octanol–water partition coefficient (Wildman–Crippen LogP) is 1.84. The van der Waals surface area contributed by atoms with Crippen LogP contribution in [0.15, 0.2) is 0 Å². The summed E-state index contributed by atoms with van der Waals surface area (Å²) in [6, 6.07) is 0. The van der Waals surface area contributed by atoms with Crippen LogP contribution in [0.3, 0.4) is 0 Å². The first-order chi connectivity index (χ1) is 7.45. The minimum atomic E-state index is -0.402. The van der Waals surface area contributed by atoms with Crippen LogP contribution < -0.4 is 9.47 Å². The number of hydrogen-bond acceptors (Lipinski definition) is 5. The molecule has 0 aromatic carbocycles. The molecule has 0 saturated carbocycles. The lowest BCUT2D eigenvalue weighted by Gasteiger charge is -2.12. The fourth-order valence-electron chi connectivity index (χ4n) is 1.28. The summed E-state index contributed by atoms with van der Waals surface area (Å²) in [4.78, 5) is 19.4. The van der Waals surface area contributed by atoms with Gasteiger partial charge in [0.25, 0.3) is 0 Å². The van der Waals surface area contributed by atoms with Gasteiger partial charge < -0.3 is 9.47 Å². The van der Waals surface area contributed by atoms with Gasteiger partial charge in [0.2, 0.25) is 11.8 Å². The molecule has 0 bridgehead atoms. The Bertz CT molecular complexity index is 402. The van der Waals surface area contributed by atoms with Crippen LogP contribution in [0.4, 0.5) is 0 Å². The van der Waals surface area contributed by atoms with Crippen molar-refractivity contribution in [1.29, 1.82) is 0 Å². The third-order valence-electron chi connectivity index (χ3n) is 2.00. The largest absolute Gasteiger partial charge is 0.480 e. The maximum atomic E-state index is 10.9. The van der Waals surface area contributed by atoms with E-state index in [-0.39, 0.29) is 11.8 Å². The van der Waals surface area contributed by atoms with Crippen molar-refractivity contribution in [3.8, 4) is 11.8 Å². The average molecular weight is 224 g/mol. The van der Waals surface area contributed by atoms with Crippen LogP contribution in [0, 0.1) is 6.92 Å². The summed E-state index contributed by atoms with van der Waals surface area (Å²) >= 11 is 0. The van der Waals surface area contributed by atoms with Crippen LogP contribution in [-0.2, 0) is 4.79 Å². The summed E-state index contributed by atoms with van der Waals surface area (Å²) in [7, 11) is 1.53. The second-order valence-corrected chi connectivity index (χ2v) is 3.76. The van der Waals surface area contributed by atoms with E-state index >= 15 is 0 Å². The van der Waals surface area contributed by atoms with Crippen LogP contribution in [0.2, 0.25) is 0 Å². The summed E-state index contributed by atoms with van der Waals surface area (Å²) in [5, 5.41) is 0. The molecule has 1 rings (SSSR count). The molecule has 0 spiro atoms. The number of ether oxygens (including phenoxy) is 2. The summed E-state index contributed by atoms with van der Waals surface area (Å²) < 4.78 is 10.1. The molecule has 0 radical (unpaired) electrons. The molecule has 5 heteroatoms. The number of rotatable bonds is 3. The van der Waals surface area contributed by atoms with E-state index in [1.165, 1.54) is 14.0 Å². The summed E-state index contributed by atoms with van der Waals surface area (Å²) in [6.45, 7) is 6.99. The highest BCUT2D eigenvalue weighted by Gasteiger charge is 2.17. The zero-order valence-corrected chi connectivity index (χ0v) is 10.2. The first-order valence-electron chi connectivity index (χ1n) is 5.06. The van der Waals surface area contributed by atoms with Gasteiger partial charge in [0.1, 0.15) is 11.4 Å². The average Bonchev–Trinajstić information content (AvgIpc) is 2.16. The van der Waals surface area contributed by atoms with Gasteiger partial charge in [-0.1, -0.05) is 13.8 Å². The Labute approximate surface area is 94.8 Å². The van der Waals surface area contributed by atoms with E-state index in [0.717, 1.165) is 0 Å². The maximum absolute atomic E-state index is 10.9. The van der Waals surface area contributed by atoms with E-state index in [0.29, 0.717) is 17.3 Å². The van der Waals surface area contributed by atoms with Gasteiger partial charge in [-0.05, 0) is 6.92 Å². The van der Waals surface area contributed by atoms with Crippen molar-refractivity contribution in [2.75, 3.05) is 7.11 Å². The van der Waals surface area contributed by atoms with Gasteiger partial charge in [0.05, 0.1) is 7.11 Å². The molecule has 0 N–H and O–H groups in total. The molecule has 1 heterocycles. The van der Waals surface area contributed by atoms with Gasteiger partial charge in [-0.25, -0.2) is 9.97 Å². The fraction of sp³-hybridized carbons (Fsp3) is 0.545. The van der Waals surface area contributed by atoms with E-state index < -0.39 is 5.97 Å². The summed E-state index contributed by atoms with van der Waals surface area (Å²) in [5.74, 6) is 0.428. The topological polar surface area (TPSA) is 61.3 Å². The Kier molecular flexibility index (Phi) is 3.82. The highest BCUT2D eigenvalue weighted by atomic mass is 16.5. The second kappa shape index (κ2) is 4.92. The molecule has 1 aromatic heterocycles. The maximum Gasteiger partial charge on any atom is 0.309 e. The molecule has 0 unspecified atom stereocenters. The Morgan fingerprint density at radius 1 is 1.25 bits per heavy atom. The van der Waals surface area contributed by atoms with Crippen molar-refractivity contribution in [3.05, 3.63) is 11.4 Å². The number of aryl methyl sites for hydroxylation is 1. The Hall–Kier alpha value is -1.65. The third kappa shape index (κ3) is 2.68. The Morgan fingerprint density at radius 3 is 2.31 bits per heavy atom. The third-order valence-corrected chi connectivity index (χ3v) is 2.00. The van der Waals surface area contributed by atoms with Crippen molar-refractivity contribution in [3.63, 3.8) is 0 Å². The van der Waals surface area contributed by atoms with E-state index in [1.807, 2.05) is 13.8 Å². The van der Waals surface area contributed by atoms with Crippen LogP contribution in [0.5, 0.6) is 11.8 Å². The molecule has 0 saturated heterocycles. The molecule has 0 atom stereocenters. The molecule has 0 aliphatic carbocycles. The lowest BCUT2D eigenvalue weighted by molar-refractivity contribution is -0.132. The van der Waals surface area contributed by atoms with E-state index in [2.05, 4.69) is 9.97 Å². The lowest BCUT2D eigenvalue weighted by atomic mass is 10.1.